The van der Waals surface area contributed by atoms with E-state index in [-0.39, 0.29) is 17.5 Å². The fraction of sp³-hybridized carbons (Fsp3) is 0.533. The van der Waals surface area contributed by atoms with Crippen molar-refractivity contribution in [3.05, 3.63) is 29.3 Å². The average molecular weight is 308 g/mol. The molecule has 6 heteroatoms. The van der Waals surface area contributed by atoms with E-state index < -0.39 is 10.0 Å². The van der Waals surface area contributed by atoms with Gasteiger partial charge in [0.25, 0.3) is 0 Å². The Kier molecular flexibility index (Phi) is 4.99. The van der Waals surface area contributed by atoms with Gasteiger partial charge in [-0.3, -0.25) is 0 Å². The maximum Gasteiger partial charge on any atom is 0.243 e. The molecule has 0 saturated heterocycles. The Morgan fingerprint density at radius 2 is 2.10 bits per heavy atom. The van der Waals surface area contributed by atoms with Crippen molar-refractivity contribution in [2.45, 2.75) is 43.5 Å². The first kappa shape index (κ1) is 16.0. The summed E-state index contributed by atoms with van der Waals surface area (Å²) in [5.74, 6) is 0. The van der Waals surface area contributed by atoms with Gasteiger partial charge in [0, 0.05) is 19.2 Å². The molecule has 1 aliphatic rings. The van der Waals surface area contributed by atoms with Crippen molar-refractivity contribution in [1.29, 1.82) is 5.26 Å². The summed E-state index contributed by atoms with van der Waals surface area (Å²) >= 11 is 0. The molecule has 1 saturated carbocycles. The van der Waals surface area contributed by atoms with Crippen molar-refractivity contribution in [2.24, 2.45) is 0 Å². The molecule has 0 heterocycles. The summed E-state index contributed by atoms with van der Waals surface area (Å²) in [5.41, 5.74) is 1.06. The molecule has 114 valence electrons. The number of aliphatic hydroxyl groups is 1. The summed E-state index contributed by atoms with van der Waals surface area (Å²) in [5, 5.41) is 17.7. The van der Waals surface area contributed by atoms with Crippen molar-refractivity contribution in [3.63, 3.8) is 0 Å². The van der Waals surface area contributed by atoms with Crippen LogP contribution in [0.4, 0.5) is 0 Å². The minimum Gasteiger partial charge on any atom is -0.396 e. The van der Waals surface area contributed by atoms with Gasteiger partial charge in [0.2, 0.25) is 10.0 Å². The summed E-state index contributed by atoms with van der Waals surface area (Å²) < 4.78 is 27.2. The number of nitrogens with zero attached hydrogens (tertiary/aromatic N) is 2. The number of unbranched alkanes of at least 4 members (excludes halogenated alkanes) is 1. The van der Waals surface area contributed by atoms with E-state index in [0.717, 1.165) is 12.8 Å². The molecule has 1 aromatic rings. The maximum absolute atomic E-state index is 12.8. The number of aliphatic hydroxyl groups excluding tert-OH is 1. The number of sulfonamides is 1. The number of hydrogen-bond acceptors (Lipinski definition) is 4. The fourth-order valence-corrected chi connectivity index (χ4v) is 4.31. The van der Waals surface area contributed by atoms with Crippen LogP contribution in [0.2, 0.25) is 0 Å². The van der Waals surface area contributed by atoms with E-state index in [0.29, 0.717) is 30.5 Å². The predicted octanol–water partition coefficient (Wildman–Crippen LogP) is 1.79. The van der Waals surface area contributed by atoms with Gasteiger partial charge in [0.05, 0.1) is 16.5 Å². The minimum absolute atomic E-state index is 0.0778. The molecule has 1 fully saturated rings. The normalized spacial score (nSPS) is 15.1. The highest BCUT2D eigenvalue weighted by molar-refractivity contribution is 7.89. The van der Waals surface area contributed by atoms with Gasteiger partial charge in [0.15, 0.2) is 0 Å². The van der Waals surface area contributed by atoms with E-state index >= 15 is 0 Å². The second kappa shape index (κ2) is 6.56. The van der Waals surface area contributed by atoms with Crippen LogP contribution in [0.1, 0.15) is 36.8 Å². The molecule has 2 rings (SSSR count). The highest BCUT2D eigenvalue weighted by Crippen LogP contribution is 2.33. The molecule has 1 aromatic carbocycles. The largest absolute Gasteiger partial charge is 0.396 e. The van der Waals surface area contributed by atoms with Gasteiger partial charge >= 0.3 is 0 Å². The Labute approximate surface area is 125 Å². The summed E-state index contributed by atoms with van der Waals surface area (Å²) in [6, 6.07) is 6.76. The number of rotatable bonds is 7. The van der Waals surface area contributed by atoms with Crippen LogP contribution in [0.5, 0.6) is 0 Å². The first-order valence-electron chi connectivity index (χ1n) is 7.14. The molecular formula is C15H20N2O3S. The summed E-state index contributed by atoms with van der Waals surface area (Å²) in [6.07, 6.45) is 3.05. The van der Waals surface area contributed by atoms with Crippen LogP contribution in [-0.4, -0.2) is 37.0 Å². The topological polar surface area (TPSA) is 81.4 Å². The first-order chi connectivity index (χ1) is 10.0. The van der Waals surface area contributed by atoms with Crippen molar-refractivity contribution in [1.82, 2.24) is 4.31 Å². The SMILES string of the molecule is Cc1cc(C#N)ccc1S(=O)(=O)N(CCCCO)C1CC1. The Balaban J connectivity index is 2.28. The Morgan fingerprint density at radius 3 is 2.62 bits per heavy atom. The van der Waals surface area contributed by atoms with Crippen molar-refractivity contribution in [3.8, 4) is 6.07 Å². The Morgan fingerprint density at radius 1 is 1.38 bits per heavy atom. The fourth-order valence-electron chi connectivity index (χ4n) is 2.38. The lowest BCUT2D eigenvalue weighted by molar-refractivity contribution is 0.275. The Bertz CT molecular complexity index is 645. The third-order valence-electron chi connectivity index (χ3n) is 3.63. The lowest BCUT2D eigenvalue weighted by Gasteiger charge is -2.22. The molecule has 0 spiro atoms. The van der Waals surface area contributed by atoms with Crippen LogP contribution in [0.25, 0.3) is 0 Å². The molecular weight excluding hydrogens is 288 g/mol. The lowest BCUT2D eigenvalue weighted by Crippen LogP contribution is -2.34. The highest BCUT2D eigenvalue weighted by atomic mass is 32.2. The molecule has 0 atom stereocenters. The van der Waals surface area contributed by atoms with E-state index in [9.17, 15) is 8.42 Å². The molecule has 1 N–H and O–H groups in total. The van der Waals surface area contributed by atoms with Gasteiger partial charge in [0.1, 0.15) is 0 Å². The summed E-state index contributed by atoms with van der Waals surface area (Å²) in [4.78, 5) is 0.275. The molecule has 1 aliphatic carbocycles. The molecule has 5 nitrogen and oxygen atoms in total. The van der Waals surface area contributed by atoms with Gasteiger partial charge in [-0.1, -0.05) is 0 Å². The number of hydrogen-bond donors (Lipinski definition) is 1. The zero-order chi connectivity index (χ0) is 15.5. The Hall–Kier alpha value is -1.42. The van der Waals surface area contributed by atoms with Crippen LogP contribution < -0.4 is 0 Å². The standard InChI is InChI=1S/C15H20N2O3S/c1-12-10-13(11-16)4-7-15(12)21(19,20)17(14-5-6-14)8-2-3-9-18/h4,7,10,14,18H,2-3,5-6,8-9H2,1H3. The van der Waals surface area contributed by atoms with E-state index in [4.69, 9.17) is 10.4 Å². The molecule has 0 aromatic heterocycles. The number of benzene rings is 1. The maximum atomic E-state index is 12.8. The molecule has 0 aliphatic heterocycles. The van der Waals surface area contributed by atoms with Crippen molar-refractivity contribution < 1.29 is 13.5 Å². The first-order valence-corrected chi connectivity index (χ1v) is 8.58. The van der Waals surface area contributed by atoms with Crippen LogP contribution in [0, 0.1) is 18.3 Å². The zero-order valence-corrected chi connectivity index (χ0v) is 12.9. The van der Waals surface area contributed by atoms with Crippen LogP contribution in [0.3, 0.4) is 0 Å². The van der Waals surface area contributed by atoms with Crippen molar-refractivity contribution in [2.75, 3.05) is 13.2 Å². The van der Waals surface area contributed by atoms with E-state index in [2.05, 4.69) is 0 Å². The molecule has 21 heavy (non-hydrogen) atoms. The van der Waals surface area contributed by atoms with Crippen LogP contribution in [0.15, 0.2) is 23.1 Å². The smallest absolute Gasteiger partial charge is 0.243 e. The highest BCUT2D eigenvalue weighted by Gasteiger charge is 2.38. The van der Waals surface area contributed by atoms with Gasteiger partial charge < -0.3 is 5.11 Å². The van der Waals surface area contributed by atoms with Gasteiger partial charge in [-0.05, 0) is 56.4 Å². The minimum atomic E-state index is -3.53. The van der Waals surface area contributed by atoms with Gasteiger partial charge in [-0.2, -0.15) is 9.57 Å². The third-order valence-corrected chi connectivity index (χ3v) is 5.74. The quantitative estimate of drug-likeness (QED) is 0.779. The molecule has 0 radical (unpaired) electrons. The number of nitriles is 1. The molecule has 0 unspecified atom stereocenters. The zero-order valence-electron chi connectivity index (χ0n) is 12.1. The lowest BCUT2D eigenvalue weighted by atomic mass is 10.2. The molecule has 0 bridgehead atoms. The van der Waals surface area contributed by atoms with Crippen molar-refractivity contribution >= 4 is 10.0 Å². The van der Waals surface area contributed by atoms with Crippen LogP contribution in [-0.2, 0) is 10.0 Å². The summed E-state index contributed by atoms with van der Waals surface area (Å²) in [7, 11) is -3.53. The third kappa shape index (κ3) is 3.62. The average Bonchev–Trinajstić information content (AvgIpc) is 3.27. The summed E-state index contributed by atoms with van der Waals surface area (Å²) in [6.45, 7) is 2.23. The van der Waals surface area contributed by atoms with E-state index in [1.165, 1.54) is 6.07 Å². The van der Waals surface area contributed by atoms with Crippen LogP contribution >= 0.6 is 0 Å². The van der Waals surface area contributed by atoms with Gasteiger partial charge in [-0.25, -0.2) is 8.42 Å². The predicted molar refractivity (Wildman–Crippen MR) is 79.1 cm³/mol. The molecule has 0 amide bonds. The second-order valence-electron chi connectivity index (χ2n) is 5.37. The number of aryl methyl sites for hydroxylation is 1. The van der Waals surface area contributed by atoms with E-state index in [1.54, 1.807) is 23.4 Å². The second-order valence-corrected chi connectivity index (χ2v) is 7.23. The van der Waals surface area contributed by atoms with Gasteiger partial charge in [-0.15, -0.1) is 0 Å². The monoisotopic (exact) mass is 308 g/mol. The van der Waals surface area contributed by atoms with E-state index in [1.807, 2.05) is 6.07 Å².